The largest absolute Gasteiger partial charge is 0.508 e. The number of methoxy groups -OCH3 is 1. The number of cyclic esters (lactones) is 1. The standard InChI is InChI=1S/C72H121N19O21/c1-13-34(4)31-35(5)55(96)38(8)60(100)84-45(32-50(74)95)62(102)82-43(18-16-27-80-71(76)77)56(97)57(98)67(107)86-51(36(6)37(7)59(75)99)64(104)88-53-40(10)112-70(110)48-20-14-15-29-91(48)69(109)54(58(111-12)41-21-23-42(93)24-22-41)89-63(103)47(25-26-49(73)94)90(11)68(108)46(30-33(2)3)85-61(101)44(19-17-28-81-72(78)79)83-65(105)52(39(9)92)87-66(53)106/h21-24,33-40,43-48,51-58,92-93,96-98H,13-20,25-32H2,1-12H3,(H2,73,94)(H2,74,95)(H2,75,99)(H,82,102)(H,83,105)(H,84,100)(H,85,101)(H,86,107)(H,87,106)(H,88,104)(H,89,103)(H4,76,77,80)(H4,78,79,81)/t34-,35-,36+,37-,38-,39-,40-,43+,44-,45+,46+,47+,48+,51+,52-,53-,54-,55-,56-,57-,58-/m1/s1. The van der Waals surface area contributed by atoms with Crippen molar-refractivity contribution in [2.45, 2.75) is 250 Å². The van der Waals surface area contributed by atoms with E-state index in [2.05, 4.69) is 52.5 Å². The number of phenols is 1. The Morgan fingerprint density at radius 2 is 1.27 bits per heavy atom. The Bertz CT molecular complexity index is 3450. The van der Waals surface area contributed by atoms with Gasteiger partial charge in [-0.1, -0.05) is 73.9 Å². The maximum absolute atomic E-state index is 15.6. The molecule has 40 nitrogen and oxygen atoms in total. The number of aliphatic hydroxyl groups excluding tert-OH is 4. The number of primary amides is 3. The summed E-state index contributed by atoms with van der Waals surface area (Å²) in [5, 5.41) is 76.3. The summed E-state index contributed by atoms with van der Waals surface area (Å²) in [7, 11) is 2.40. The molecule has 0 radical (unpaired) electrons. The van der Waals surface area contributed by atoms with E-state index >= 15 is 24.0 Å². The number of guanidine groups is 2. The van der Waals surface area contributed by atoms with E-state index in [9.17, 15) is 68.7 Å². The number of nitrogens with one attached hydrogen (secondary N) is 8. The van der Waals surface area contributed by atoms with Crippen LogP contribution < -0.4 is 82.7 Å². The maximum Gasteiger partial charge on any atom is 0.329 e. The van der Waals surface area contributed by atoms with Crippen LogP contribution in [0.1, 0.15) is 164 Å². The van der Waals surface area contributed by atoms with Gasteiger partial charge in [-0.05, 0) is 119 Å². The number of aliphatic hydroxyl groups is 4. The molecule has 2 heterocycles. The molecule has 1 aromatic carbocycles. The van der Waals surface area contributed by atoms with Gasteiger partial charge in [0.2, 0.25) is 70.9 Å². The first-order chi connectivity index (χ1) is 52.4. The van der Waals surface area contributed by atoms with Gasteiger partial charge in [0.25, 0.3) is 5.91 Å². The van der Waals surface area contributed by atoms with Gasteiger partial charge in [-0.2, -0.15) is 0 Å². The Labute approximate surface area is 651 Å². The molecule has 2 fully saturated rings. The SMILES string of the molecule is CC[C@@H](C)C[C@@H](C)[C@@H](O)[C@@H](C)C(=O)N[C@@H](CC(N)=O)C(=O)N[C@@H](CCCN=C(N)N)[C@@H](O)[C@@H](O)C(=O)N[C@H](C(=O)N[C@H]1C(=O)N[C@H]([C@@H](C)O)C(=O)N[C@H](CCCN=C(N)N)C(=O)N[C@@H](CC(C)C)C(=O)N(C)[C@@H](CCC(N)=O)C(=O)N[C@H]([C@H](OC)c2ccc(O)cc2)C(=O)N2CCCC[C@H]2C(=O)O[C@@H]1C)[C@@H](C)[C@@H](C)C(N)=O. The summed E-state index contributed by atoms with van der Waals surface area (Å²) in [4.78, 5) is 211. The third kappa shape index (κ3) is 29.6. The molecular formula is C72H121N19O21. The molecule has 0 unspecified atom stereocenters. The minimum atomic E-state index is -2.67. The van der Waals surface area contributed by atoms with Crippen molar-refractivity contribution < 1.29 is 102 Å². The van der Waals surface area contributed by atoms with Crippen LogP contribution in [0.5, 0.6) is 5.75 Å². The Morgan fingerprint density at radius 3 is 1.82 bits per heavy atom. The van der Waals surface area contributed by atoms with Crippen molar-refractivity contribution in [2.24, 2.45) is 85.6 Å². The number of piperidine rings is 1. The third-order valence-electron chi connectivity index (χ3n) is 20.2. The number of carbonyl (C=O) groups is 14. The maximum atomic E-state index is 15.6. The quantitative estimate of drug-likeness (QED) is 0.0128. The number of likely N-dealkylation sites (N-methyl/N-ethyl adjacent to an activating group) is 1. The molecule has 21 atom stereocenters. The first kappa shape index (κ1) is 96.1. The smallest absolute Gasteiger partial charge is 0.329 e. The second-order valence-electron chi connectivity index (χ2n) is 29.6. The van der Waals surface area contributed by atoms with Gasteiger partial charge in [0.15, 0.2) is 18.0 Å². The van der Waals surface area contributed by atoms with E-state index in [4.69, 9.17) is 49.6 Å². The van der Waals surface area contributed by atoms with Crippen LogP contribution in [0.3, 0.4) is 0 Å². The predicted octanol–water partition coefficient (Wildman–Crippen LogP) is -5.66. The Morgan fingerprint density at radius 1 is 0.670 bits per heavy atom. The first-order valence-electron chi connectivity index (χ1n) is 37.6. The van der Waals surface area contributed by atoms with Crippen molar-refractivity contribution >= 4 is 94.7 Å². The normalized spacial score (nSPS) is 23.4. The summed E-state index contributed by atoms with van der Waals surface area (Å²) in [5.41, 5.74) is 39.3. The van der Waals surface area contributed by atoms with Crippen molar-refractivity contribution in [3.8, 4) is 5.75 Å². The number of aliphatic imine (C=N–C) groups is 2. The van der Waals surface area contributed by atoms with Crippen molar-refractivity contribution in [1.29, 1.82) is 0 Å². The molecule has 0 aromatic heterocycles. The average Bonchev–Trinajstić information content (AvgIpc) is 0.789. The number of carbonyl (C=O) groups excluding carboxylic acids is 14. The minimum absolute atomic E-state index is 0.0506. The Kier molecular flexibility index (Phi) is 39.5. The summed E-state index contributed by atoms with van der Waals surface area (Å²) in [5.74, 6) is -21.7. The second kappa shape index (κ2) is 46.1. The van der Waals surface area contributed by atoms with Crippen LogP contribution in [0.25, 0.3) is 0 Å². The van der Waals surface area contributed by atoms with Crippen molar-refractivity contribution in [3.63, 3.8) is 0 Å². The number of nitrogens with zero attached hydrogens (tertiary/aromatic N) is 4. The van der Waals surface area contributed by atoms with E-state index in [1.165, 1.54) is 59.2 Å². The second-order valence-corrected chi connectivity index (χ2v) is 29.6. The topological polar surface area (TPSA) is 668 Å². The van der Waals surface area contributed by atoms with Gasteiger partial charge >= 0.3 is 5.97 Å². The molecule has 0 aliphatic carbocycles. The number of esters is 1. The molecule has 112 heavy (non-hydrogen) atoms. The number of fused-ring (bicyclic) bond motifs is 1. The number of nitrogens with two attached hydrogens (primary N) is 7. The number of ether oxygens (including phenoxy) is 2. The summed E-state index contributed by atoms with van der Waals surface area (Å²) < 4.78 is 11.9. The lowest BCUT2D eigenvalue weighted by Gasteiger charge is -2.39. The molecule has 0 saturated carbocycles. The molecule has 630 valence electrons. The summed E-state index contributed by atoms with van der Waals surface area (Å²) in [6.45, 7) is 14.6. The fourth-order valence-electron chi connectivity index (χ4n) is 13.1. The predicted molar refractivity (Wildman–Crippen MR) is 406 cm³/mol. The van der Waals surface area contributed by atoms with Crippen LogP contribution in [0, 0.1) is 35.5 Å². The summed E-state index contributed by atoms with van der Waals surface area (Å²) in [6, 6.07) is -13.0. The molecule has 2 saturated heterocycles. The van der Waals surface area contributed by atoms with Crippen molar-refractivity contribution in [1.82, 2.24) is 52.3 Å². The number of hydrogen-bond donors (Lipinski definition) is 20. The lowest BCUT2D eigenvalue weighted by Crippen LogP contribution is -2.65. The highest BCUT2D eigenvalue weighted by Crippen LogP contribution is 2.30. The molecule has 0 spiro atoms. The number of benzene rings is 1. The van der Waals surface area contributed by atoms with Gasteiger partial charge in [0.1, 0.15) is 78.4 Å². The molecule has 13 amide bonds. The fraction of sp³-hybridized carbons (Fsp3) is 0.694. The van der Waals surface area contributed by atoms with Crippen molar-refractivity contribution in [2.75, 3.05) is 33.8 Å². The van der Waals surface area contributed by atoms with Gasteiger partial charge in [-0.15, -0.1) is 0 Å². The highest BCUT2D eigenvalue weighted by atomic mass is 16.5. The monoisotopic (exact) mass is 1590 g/mol. The van der Waals surface area contributed by atoms with Gasteiger partial charge in [-0.25, -0.2) is 4.79 Å². The van der Waals surface area contributed by atoms with Crippen LogP contribution in [-0.4, -0.2) is 255 Å². The Balaban J connectivity index is 2.37. The molecule has 2 aliphatic rings. The minimum Gasteiger partial charge on any atom is -0.508 e. The lowest BCUT2D eigenvalue weighted by atomic mass is 9.85. The van der Waals surface area contributed by atoms with E-state index in [1.54, 1.807) is 20.8 Å². The third-order valence-corrected chi connectivity index (χ3v) is 20.2. The molecule has 0 bridgehead atoms. The van der Waals surface area contributed by atoms with Gasteiger partial charge in [-0.3, -0.25) is 72.3 Å². The molecule has 2 aliphatic heterocycles. The van der Waals surface area contributed by atoms with Crippen molar-refractivity contribution in [3.05, 3.63) is 29.8 Å². The zero-order chi connectivity index (χ0) is 84.9. The number of hydrogen-bond acceptors (Lipinski definition) is 23. The van der Waals surface area contributed by atoms with Gasteiger partial charge < -0.3 is 127 Å². The van der Waals surface area contributed by atoms with E-state index in [-0.39, 0.29) is 106 Å². The number of phenolic OH excluding ortho intramolecular Hbond substituents is 1. The lowest BCUT2D eigenvalue weighted by molar-refractivity contribution is -0.165. The molecular weight excluding hydrogens is 1470 g/mol. The van der Waals surface area contributed by atoms with E-state index in [0.29, 0.717) is 6.42 Å². The summed E-state index contributed by atoms with van der Waals surface area (Å²) >= 11 is 0. The van der Waals surface area contributed by atoms with Gasteiger partial charge in [0, 0.05) is 46.1 Å². The van der Waals surface area contributed by atoms with Crippen LogP contribution in [0.4, 0.5) is 0 Å². The van der Waals surface area contributed by atoms with Crippen LogP contribution >= 0.6 is 0 Å². The molecule has 27 N–H and O–H groups in total. The number of amides is 13. The number of aromatic hydroxyl groups is 1. The molecule has 3 rings (SSSR count). The van der Waals surface area contributed by atoms with E-state index in [0.717, 1.165) is 30.1 Å². The van der Waals surface area contributed by atoms with E-state index < -0.39 is 223 Å². The Hall–Kier alpha value is -10.1. The first-order valence-corrected chi connectivity index (χ1v) is 37.6. The van der Waals surface area contributed by atoms with Crippen LogP contribution in [0.2, 0.25) is 0 Å². The van der Waals surface area contributed by atoms with Crippen LogP contribution in [-0.2, 0) is 76.6 Å². The number of rotatable bonds is 37. The van der Waals surface area contributed by atoms with E-state index in [1.807, 2.05) is 13.8 Å². The molecule has 1 aromatic rings. The summed E-state index contributed by atoms with van der Waals surface area (Å²) in [6.07, 6.45) is -12.7. The molecule has 40 heteroatoms. The van der Waals surface area contributed by atoms with Crippen LogP contribution in [0.15, 0.2) is 34.3 Å². The highest BCUT2D eigenvalue weighted by Gasteiger charge is 2.47. The fourth-order valence-corrected chi connectivity index (χ4v) is 13.1. The zero-order valence-electron chi connectivity index (χ0n) is 65.9. The van der Waals surface area contributed by atoms with Gasteiger partial charge in [0.05, 0.1) is 30.6 Å². The average molecular weight is 1590 g/mol. The zero-order valence-corrected chi connectivity index (χ0v) is 65.9. The highest BCUT2D eigenvalue weighted by molar-refractivity contribution is 6.00.